The summed E-state index contributed by atoms with van der Waals surface area (Å²) in [6.07, 6.45) is 1.34. The topological polar surface area (TPSA) is 58.9 Å². The first-order chi connectivity index (χ1) is 11.2. The predicted molar refractivity (Wildman–Crippen MR) is 90.9 cm³/mol. The summed E-state index contributed by atoms with van der Waals surface area (Å²) in [5, 5.41) is 18.6. The molecule has 1 unspecified atom stereocenters. The maximum atomic E-state index is 9.61. The molecule has 0 radical (unpaired) electrons. The van der Waals surface area contributed by atoms with Gasteiger partial charge >= 0.3 is 0 Å². The van der Waals surface area contributed by atoms with Crippen molar-refractivity contribution >= 4 is 0 Å². The van der Waals surface area contributed by atoms with Gasteiger partial charge in [0.1, 0.15) is 18.1 Å². The van der Waals surface area contributed by atoms with Crippen LogP contribution in [0, 0.1) is 0 Å². The number of ether oxygens (including phenoxy) is 2. The van der Waals surface area contributed by atoms with E-state index in [1.54, 1.807) is 13.2 Å². The minimum atomic E-state index is -0.758. The van der Waals surface area contributed by atoms with Gasteiger partial charge in [-0.05, 0) is 35.4 Å². The molecule has 2 aromatic carbocycles. The predicted octanol–water partition coefficient (Wildman–Crippen LogP) is 2.82. The Labute approximate surface area is 136 Å². The summed E-state index contributed by atoms with van der Waals surface area (Å²) in [4.78, 5) is 0. The van der Waals surface area contributed by atoms with Crippen LogP contribution in [0.4, 0.5) is 0 Å². The molecule has 4 nitrogen and oxygen atoms in total. The molecule has 0 heterocycles. The van der Waals surface area contributed by atoms with Crippen molar-refractivity contribution in [1.82, 2.24) is 0 Å². The molecule has 4 heteroatoms. The van der Waals surface area contributed by atoms with Crippen molar-refractivity contribution in [3.63, 3.8) is 0 Å². The molecule has 0 spiro atoms. The second-order valence-electron chi connectivity index (χ2n) is 5.20. The Morgan fingerprint density at radius 1 is 1.17 bits per heavy atom. The molecule has 0 saturated carbocycles. The smallest absolute Gasteiger partial charge is 0.126 e. The molecule has 2 rings (SSSR count). The van der Waals surface area contributed by atoms with Crippen LogP contribution in [0.2, 0.25) is 0 Å². The highest BCUT2D eigenvalue weighted by Gasteiger charge is 2.10. The van der Waals surface area contributed by atoms with Gasteiger partial charge in [0, 0.05) is 12.0 Å². The largest absolute Gasteiger partial charge is 0.496 e. The van der Waals surface area contributed by atoms with E-state index in [1.807, 2.05) is 42.5 Å². The van der Waals surface area contributed by atoms with Gasteiger partial charge in [0.25, 0.3) is 0 Å². The Kier molecular flexibility index (Phi) is 6.20. The molecule has 0 aromatic heterocycles. The molecular weight excluding hydrogens is 292 g/mol. The number of benzene rings is 2. The third kappa shape index (κ3) is 4.58. The first-order valence-electron chi connectivity index (χ1n) is 7.48. The zero-order valence-electron chi connectivity index (χ0n) is 13.2. The highest BCUT2D eigenvalue weighted by atomic mass is 16.5. The molecule has 23 heavy (non-hydrogen) atoms. The molecular formula is C19H22O4. The zero-order valence-corrected chi connectivity index (χ0v) is 13.2. The number of aliphatic hydroxyl groups is 2. The van der Waals surface area contributed by atoms with Crippen LogP contribution in [-0.4, -0.2) is 36.6 Å². The van der Waals surface area contributed by atoms with Gasteiger partial charge in [-0.3, -0.25) is 0 Å². The average molecular weight is 314 g/mol. The van der Waals surface area contributed by atoms with E-state index in [-0.39, 0.29) is 6.61 Å². The van der Waals surface area contributed by atoms with Gasteiger partial charge in [-0.15, -0.1) is 0 Å². The fraction of sp³-hybridized carbons (Fsp3) is 0.263. The summed E-state index contributed by atoms with van der Waals surface area (Å²) in [5.41, 5.74) is 2.87. The summed E-state index contributed by atoms with van der Waals surface area (Å²) >= 11 is 0. The second kappa shape index (κ2) is 8.36. The highest BCUT2D eigenvalue weighted by Crippen LogP contribution is 2.32. The van der Waals surface area contributed by atoms with Crippen LogP contribution in [0.15, 0.2) is 55.1 Å². The third-order valence-electron chi connectivity index (χ3n) is 3.48. The minimum Gasteiger partial charge on any atom is -0.496 e. The van der Waals surface area contributed by atoms with Crippen LogP contribution < -0.4 is 9.47 Å². The average Bonchev–Trinajstić information content (AvgIpc) is 2.60. The van der Waals surface area contributed by atoms with Crippen molar-refractivity contribution in [3.8, 4) is 22.6 Å². The lowest BCUT2D eigenvalue weighted by Gasteiger charge is -2.13. The maximum absolute atomic E-state index is 9.61. The van der Waals surface area contributed by atoms with E-state index in [2.05, 4.69) is 6.58 Å². The molecule has 0 aliphatic rings. The lowest BCUT2D eigenvalue weighted by atomic mass is 9.99. The van der Waals surface area contributed by atoms with Crippen molar-refractivity contribution in [2.45, 2.75) is 12.5 Å². The Hall–Kier alpha value is -2.30. The highest BCUT2D eigenvalue weighted by molar-refractivity contribution is 5.71. The third-order valence-corrected chi connectivity index (χ3v) is 3.48. The van der Waals surface area contributed by atoms with Gasteiger partial charge < -0.3 is 19.7 Å². The molecule has 0 bridgehead atoms. The summed E-state index contributed by atoms with van der Waals surface area (Å²) in [6, 6.07) is 13.4. The van der Waals surface area contributed by atoms with Crippen LogP contribution in [0.1, 0.15) is 5.56 Å². The van der Waals surface area contributed by atoms with Crippen molar-refractivity contribution in [1.29, 1.82) is 0 Å². The van der Waals surface area contributed by atoms with Crippen LogP contribution >= 0.6 is 0 Å². The first-order valence-corrected chi connectivity index (χ1v) is 7.48. The van der Waals surface area contributed by atoms with Gasteiger partial charge in [-0.1, -0.05) is 30.9 Å². The van der Waals surface area contributed by atoms with Gasteiger partial charge in [0.05, 0.1) is 19.8 Å². The van der Waals surface area contributed by atoms with E-state index in [4.69, 9.17) is 14.6 Å². The quantitative estimate of drug-likeness (QED) is 0.736. The number of hydrogen-bond acceptors (Lipinski definition) is 4. The number of rotatable bonds is 8. The molecule has 0 fully saturated rings. The van der Waals surface area contributed by atoms with Crippen LogP contribution in [-0.2, 0) is 6.42 Å². The molecule has 2 N–H and O–H groups in total. The van der Waals surface area contributed by atoms with Crippen LogP contribution in [0.25, 0.3) is 11.1 Å². The second-order valence-corrected chi connectivity index (χ2v) is 5.20. The Morgan fingerprint density at radius 2 is 1.91 bits per heavy atom. The van der Waals surface area contributed by atoms with Gasteiger partial charge in [-0.2, -0.15) is 0 Å². The molecule has 0 saturated heterocycles. The number of aliphatic hydroxyl groups excluding tert-OH is 2. The summed E-state index contributed by atoms with van der Waals surface area (Å²) in [7, 11) is 1.63. The SMILES string of the molecule is C=CCOc1ccc(-c2cc(CC(O)CO)ccc2OC)cc1. The van der Waals surface area contributed by atoms with E-state index < -0.39 is 6.10 Å². The van der Waals surface area contributed by atoms with E-state index in [0.717, 1.165) is 28.2 Å². The van der Waals surface area contributed by atoms with Gasteiger partial charge in [0.15, 0.2) is 0 Å². The molecule has 2 aromatic rings. The molecule has 0 aliphatic carbocycles. The van der Waals surface area contributed by atoms with Crippen molar-refractivity contribution in [2.24, 2.45) is 0 Å². The van der Waals surface area contributed by atoms with Gasteiger partial charge in [-0.25, -0.2) is 0 Å². The summed E-state index contributed by atoms with van der Waals surface area (Å²) in [6.45, 7) is 3.84. The molecule has 0 amide bonds. The Bertz CT molecular complexity index is 634. The van der Waals surface area contributed by atoms with Crippen molar-refractivity contribution < 1.29 is 19.7 Å². The van der Waals surface area contributed by atoms with E-state index >= 15 is 0 Å². The summed E-state index contributed by atoms with van der Waals surface area (Å²) in [5.74, 6) is 1.53. The first kappa shape index (κ1) is 17.1. The number of methoxy groups -OCH3 is 1. The van der Waals surface area contributed by atoms with Crippen molar-refractivity contribution in [3.05, 3.63) is 60.7 Å². The van der Waals surface area contributed by atoms with Crippen LogP contribution in [0.5, 0.6) is 11.5 Å². The standard InChI is InChI=1S/C19H22O4/c1-3-10-23-17-7-5-15(6-8-17)18-12-14(11-16(21)13-20)4-9-19(18)22-2/h3-9,12,16,20-21H,1,10-11,13H2,2H3. The van der Waals surface area contributed by atoms with Crippen molar-refractivity contribution in [2.75, 3.05) is 20.3 Å². The van der Waals surface area contributed by atoms with E-state index in [9.17, 15) is 5.11 Å². The fourth-order valence-electron chi connectivity index (χ4n) is 2.33. The Morgan fingerprint density at radius 3 is 2.52 bits per heavy atom. The minimum absolute atomic E-state index is 0.253. The molecule has 0 aliphatic heterocycles. The van der Waals surface area contributed by atoms with Crippen LogP contribution in [0.3, 0.4) is 0 Å². The zero-order chi connectivity index (χ0) is 16.7. The summed E-state index contributed by atoms with van der Waals surface area (Å²) < 4.78 is 10.9. The Balaban J connectivity index is 2.28. The molecule has 1 atom stereocenters. The lowest BCUT2D eigenvalue weighted by Crippen LogP contribution is -2.15. The number of hydrogen-bond donors (Lipinski definition) is 2. The normalized spacial score (nSPS) is 11.8. The monoisotopic (exact) mass is 314 g/mol. The van der Waals surface area contributed by atoms with Gasteiger partial charge in [0.2, 0.25) is 0 Å². The maximum Gasteiger partial charge on any atom is 0.126 e. The lowest BCUT2D eigenvalue weighted by molar-refractivity contribution is 0.0955. The van der Waals surface area contributed by atoms with E-state index in [0.29, 0.717) is 13.0 Å². The molecule has 122 valence electrons. The fourth-order valence-corrected chi connectivity index (χ4v) is 2.33. The van der Waals surface area contributed by atoms with E-state index in [1.165, 1.54) is 0 Å².